The van der Waals surface area contributed by atoms with Gasteiger partial charge >= 0.3 is 5.97 Å². The van der Waals surface area contributed by atoms with E-state index in [9.17, 15) is 9.59 Å². The zero-order chi connectivity index (χ0) is 11.5. The molecule has 5 nitrogen and oxygen atoms in total. The van der Waals surface area contributed by atoms with Crippen LogP contribution in [0.25, 0.3) is 0 Å². The SMILES string of the molecule is O=C(O)CC1NCCN(C2CCCC2)C1=O. The number of aliphatic carboxylic acids is 1. The Morgan fingerprint density at radius 2 is 2.12 bits per heavy atom. The molecule has 90 valence electrons. The number of hydrogen-bond donors (Lipinski definition) is 2. The molecule has 1 amide bonds. The molecule has 1 unspecified atom stereocenters. The van der Waals surface area contributed by atoms with Crippen LogP contribution in [0.15, 0.2) is 0 Å². The van der Waals surface area contributed by atoms with Gasteiger partial charge in [-0.3, -0.25) is 9.59 Å². The summed E-state index contributed by atoms with van der Waals surface area (Å²) in [5, 5.41) is 11.7. The van der Waals surface area contributed by atoms with Gasteiger partial charge in [-0.05, 0) is 12.8 Å². The van der Waals surface area contributed by atoms with Crippen molar-refractivity contribution < 1.29 is 14.7 Å². The van der Waals surface area contributed by atoms with Crippen LogP contribution in [0.3, 0.4) is 0 Å². The van der Waals surface area contributed by atoms with E-state index in [0.717, 1.165) is 19.4 Å². The summed E-state index contributed by atoms with van der Waals surface area (Å²) in [5.41, 5.74) is 0. The van der Waals surface area contributed by atoms with Crippen LogP contribution in [-0.4, -0.2) is 47.1 Å². The number of carboxylic acid groups (broad SMARTS) is 1. The summed E-state index contributed by atoms with van der Waals surface area (Å²) in [7, 11) is 0. The summed E-state index contributed by atoms with van der Waals surface area (Å²) in [4.78, 5) is 24.6. The first-order chi connectivity index (χ1) is 7.68. The molecule has 16 heavy (non-hydrogen) atoms. The first kappa shape index (κ1) is 11.4. The van der Waals surface area contributed by atoms with E-state index in [1.54, 1.807) is 0 Å². The van der Waals surface area contributed by atoms with E-state index in [2.05, 4.69) is 5.32 Å². The van der Waals surface area contributed by atoms with Gasteiger partial charge in [0.15, 0.2) is 0 Å². The van der Waals surface area contributed by atoms with Gasteiger partial charge in [0, 0.05) is 19.1 Å². The number of carbonyl (C=O) groups excluding carboxylic acids is 1. The lowest BCUT2D eigenvalue weighted by Gasteiger charge is -2.36. The molecule has 2 rings (SSSR count). The molecule has 0 bridgehead atoms. The van der Waals surface area contributed by atoms with E-state index >= 15 is 0 Å². The van der Waals surface area contributed by atoms with Crippen molar-refractivity contribution in [1.29, 1.82) is 0 Å². The summed E-state index contributed by atoms with van der Waals surface area (Å²) in [5.74, 6) is -0.945. The number of carbonyl (C=O) groups is 2. The number of hydrogen-bond acceptors (Lipinski definition) is 3. The van der Waals surface area contributed by atoms with E-state index in [1.807, 2.05) is 4.90 Å². The predicted molar refractivity (Wildman–Crippen MR) is 58.0 cm³/mol. The molecule has 2 N–H and O–H groups in total. The van der Waals surface area contributed by atoms with Crippen LogP contribution >= 0.6 is 0 Å². The highest BCUT2D eigenvalue weighted by atomic mass is 16.4. The summed E-state index contributed by atoms with van der Waals surface area (Å²) in [6, 6.07) is -0.169. The van der Waals surface area contributed by atoms with Crippen molar-refractivity contribution in [2.45, 2.75) is 44.2 Å². The van der Waals surface area contributed by atoms with Crippen LogP contribution < -0.4 is 5.32 Å². The molecule has 0 aromatic rings. The minimum absolute atomic E-state index is 0.0273. The van der Waals surface area contributed by atoms with E-state index in [4.69, 9.17) is 5.11 Å². The Hall–Kier alpha value is -1.10. The van der Waals surface area contributed by atoms with Gasteiger partial charge in [0.25, 0.3) is 0 Å². The van der Waals surface area contributed by atoms with Crippen molar-refractivity contribution in [3.05, 3.63) is 0 Å². The molecule has 1 saturated heterocycles. The minimum Gasteiger partial charge on any atom is -0.481 e. The van der Waals surface area contributed by atoms with Gasteiger partial charge in [-0.15, -0.1) is 0 Å². The van der Waals surface area contributed by atoms with E-state index in [0.29, 0.717) is 12.6 Å². The van der Waals surface area contributed by atoms with Gasteiger partial charge < -0.3 is 15.3 Å². The zero-order valence-corrected chi connectivity index (χ0v) is 9.32. The third-order valence-corrected chi connectivity index (χ3v) is 3.47. The number of amides is 1. The smallest absolute Gasteiger partial charge is 0.305 e. The third kappa shape index (κ3) is 2.35. The highest BCUT2D eigenvalue weighted by Gasteiger charge is 2.34. The van der Waals surface area contributed by atoms with Crippen LogP contribution in [0.2, 0.25) is 0 Å². The second-order valence-electron chi connectivity index (χ2n) is 4.57. The van der Waals surface area contributed by atoms with Crippen LogP contribution in [0.4, 0.5) is 0 Å². The Labute approximate surface area is 94.8 Å². The number of rotatable bonds is 3. The molecular weight excluding hydrogens is 208 g/mol. The Morgan fingerprint density at radius 1 is 1.44 bits per heavy atom. The largest absolute Gasteiger partial charge is 0.481 e. The van der Waals surface area contributed by atoms with E-state index < -0.39 is 12.0 Å². The first-order valence-corrected chi connectivity index (χ1v) is 5.94. The Balaban J connectivity index is 1.98. The standard InChI is InChI=1S/C11H18N2O3/c14-10(15)7-9-11(16)13(6-5-12-9)8-3-1-2-4-8/h8-9,12H,1-7H2,(H,14,15). The minimum atomic E-state index is -0.917. The molecule has 0 aromatic heterocycles. The molecule has 0 aromatic carbocycles. The van der Waals surface area contributed by atoms with Crippen molar-refractivity contribution in [3.8, 4) is 0 Å². The second-order valence-corrected chi connectivity index (χ2v) is 4.57. The van der Waals surface area contributed by atoms with Gasteiger partial charge in [-0.2, -0.15) is 0 Å². The van der Waals surface area contributed by atoms with Crippen molar-refractivity contribution in [2.75, 3.05) is 13.1 Å². The molecule has 1 atom stereocenters. The lowest BCUT2D eigenvalue weighted by Crippen LogP contribution is -2.58. The van der Waals surface area contributed by atoms with Crippen LogP contribution in [-0.2, 0) is 9.59 Å². The van der Waals surface area contributed by atoms with Crippen molar-refractivity contribution in [2.24, 2.45) is 0 Å². The topological polar surface area (TPSA) is 69.6 Å². The fourth-order valence-electron chi connectivity index (χ4n) is 2.67. The monoisotopic (exact) mass is 226 g/mol. The fraction of sp³-hybridized carbons (Fsp3) is 0.818. The van der Waals surface area contributed by atoms with E-state index in [-0.39, 0.29) is 12.3 Å². The molecule has 0 radical (unpaired) electrons. The first-order valence-electron chi connectivity index (χ1n) is 5.94. The van der Waals surface area contributed by atoms with Gasteiger partial charge in [0.05, 0.1) is 12.5 Å². The third-order valence-electron chi connectivity index (χ3n) is 3.47. The Bertz CT molecular complexity index is 287. The maximum atomic E-state index is 12.0. The summed E-state index contributed by atoms with van der Waals surface area (Å²) >= 11 is 0. The van der Waals surface area contributed by atoms with Gasteiger partial charge in [0.1, 0.15) is 0 Å². The Kier molecular flexibility index (Phi) is 3.43. The van der Waals surface area contributed by atoms with Crippen LogP contribution in [0.1, 0.15) is 32.1 Å². The highest BCUT2D eigenvalue weighted by molar-refractivity contribution is 5.87. The van der Waals surface area contributed by atoms with Crippen molar-refractivity contribution >= 4 is 11.9 Å². The lowest BCUT2D eigenvalue weighted by molar-refractivity contribution is -0.145. The molecule has 1 aliphatic carbocycles. The molecular formula is C11H18N2O3. The number of nitrogens with one attached hydrogen (secondary N) is 1. The molecule has 5 heteroatoms. The normalized spacial score (nSPS) is 27.4. The second kappa shape index (κ2) is 4.82. The summed E-state index contributed by atoms with van der Waals surface area (Å²) in [6.07, 6.45) is 4.41. The zero-order valence-electron chi connectivity index (χ0n) is 9.32. The van der Waals surface area contributed by atoms with Crippen molar-refractivity contribution in [1.82, 2.24) is 10.2 Å². The maximum absolute atomic E-state index is 12.0. The number of piperazine rings is 1. The van der Waals surface area contributed by atoms with Gasteiger partial charge in [-0.25, -0.2) is 0 Å². The molecule has 0 spiro atoms. The summed E-state index contributed by atoms with van der Waals surface area (Å²) < 4.78 is 0. The summed E-state index contributed by atoms with van der Waals surface area (Å²) in [6.45, 7) is 1.43. The fourth-order valence-corrected chi connectivity index (χ4v) is 2.67. The van der Waals surface area contributed by atoms with Crippen LogP contribution in [0.5, 0.6) is 0 Å². The molecule has 2 fully saturated rings. The average molecular weight is 226 g/mol. The van der Waals surface area contributed by atoms with E-state index in [1.165, 1.54) is 12.8 Å². The number of carboxylic acids is 1. The quantitative estimate of drug-likeness (QED) is 0.721. The predicted octanol–water partition coefficient (Wildman–Crippen LogP) is 0.204. The molecule has 1 saturated carbocycles. The number of nitrogens with zero attached hydrogens (tertiary/aromatic N) is 1. The highest BCUT2D eigenvalue weighted by Crippen LogP contribution is 2.25. The lowest BCUT2D eigenvalue weighted by atomic mass is 10.1. The van der Waals surface area contributed by atoms with Gasteiger partial charge in [-0.1, -0.05) is 12.8 Å². The molecule has 2 aliphatic rings. The van der Waals surface area contributed by atoms with Gasteiger partial charge in [0.2, 0.25) is 5.91 Å². The molecule has 1 aliphatic heterocycles. The Morgan fingerprint density at radius 3 is 2.75 bits per heavy atom. The van der Waals surface area contributed by atoms with Crippen molar-refractivity contribution in [3.63, 3.8) is 0 Å². The molecule has 1 heterocycles. The van der Waals surface area contributed by atoms with Crippen LogP contribution in [0, 0.1) is 0 Å². The maximum Gasteiger partial charge on any atom is 0.305 e. The average Bonchev–Trinajstić information content (AvgIpc) is 2.73.